The minimum Gasteiger partial charge on any atom is -0.337 e. The van der Waals surface area contributed by atoms with Gasteiger partial charge in [-0.3, -0.25) is 0 Å². The highest BCUT2D eigenvalue weighted by atomic mass is 32.2. The zero-order valence-corrected chi connectivity index (χ0v) is 18.7. The first-order valence-corrected chi connectivity index (χ1v) is 12.1. The first-order chi connectivity index (χ1) is 14.8. The molecular weight excluding hydrogens is 413 g/mol. The van der Waals surface area contributed by atoms with Gasteiger partial charge in [0.15, 0.2) is 0 Å². The highest BCUT2D eigenvalue weighted by Crippen LogP contribution is 2.42. The van der Waals surface area contributed by atoms with Crippen LogP contribution in [0.1, 0.15) is 48.5 Å². The second-order valence-electron chi connectivity index (χ2n) is 8.34. The summed E-state index contributed by atoms with van der Waals surface area (Å²) in [7, 11) is -3.68. The minimum absolute atomic E-state index is 0.0917. The normalized spacial score (nSPS) is 19.7. The molecule has 0 spiro atoms. The summed E-state index contributed by atoms with van der Waals surface area (Å²) >= 11 is 0. The van der Waals surface area contributed by atoms with Crippen molar-refractivity contribution >= 4 is 10.0 Å². The molecule has 31 heavy (non-hydrogen) atoms. The first-order valence-electron chi connectivity index (χ1n) is 10.7. The standard InChI is InChI=1S/C24H28FN3O2S/c1-18-5-12-23(13-6-18)31(29,30)28-22(4-3-15-27-16-19(2)26-17-27)11-14-24(28)20-7-9-21(25)10-8-20/h5-10,12-13,16-17,22,24H,3-4,11,14-15H2,1-2H3. The summed E-state index contributed by atoms with van der Waals surface area (Å²) in [6, 6.07) is 12.8. The lowest BCUT2D eigenvalue weighted by Gasteiger charge is -2.30. The number of benzene rings is 2. The molecule has 0 aliphatic carbocycles. The van der Waals surface area contributed by atoms with E-state index in [-0.39, 0.29) is 17.9 Å². The summed E-state index contributed by atoms with van der Waals surface area (Å²) in [6.07, 6.45) is 6.95. The van der Waals surface area contributed by atoms with E-state index in [9.17, 15) is 12.8 Å². The average molecular weight is 442 g/mol. The van der Waals surface area contributed by atoms with E-state index in [0.29, 0.717) is 4.90 Å². The summed E-state index contributed by atoms with van der Waals surface area (Å²) in [4.78, 5) is 4.56. The van der Waals surface area contributed by atoms with E-state index in [1.165, 1.54) is 12.1 Å². The van der Waals surface area contributed by atoms with E-state index in [0.717, 1.165) is 49.0 Å². The van der Waals surface area contributed by atoms with Crippen molar-refractivity contribution in [3.05, 3.63) is 83.7 Å². The van der Waals surface area contributed by atoms with Crippen molar-refractivity contribution in [2.45, 2.75) is 63.1 Å². The Bertz CT molecular complexity index is 1120. The van der Waals surface area contributed by atoms with Crippen LogP contribution in [-0.2, 0) is 16.6 Å². The third-order valence-corrected chi connectivity index (χ3v) is 7.98. The maximum Gasteiger partial charge on any atom is 0.243 e. The summed E-state index contributed by atoms with van der Waals surface area (Å²) in [5.41, 5.74) is 2.83. The van der Waals surface area contributed by atoms with E-state index in [1.54, 1.807) is 28.6 Å². The number of rotatable bonds is 7. The van der Waals surface area contributed by atoms with Gasteiger partial charge in [0.05, 0.1) is 23.0 Å². The Morgan fingerprint density at radius 3 is 2.39 bits per heavy atom. The van der Waals surface area contributed by atoms with Gasteiger partial charge in [-0.15, -0.1) is 0 Å². The van der Waals surface area contributed by atoms with Crippen LogP contribution in [0.3, 0.4) is 0 Å². The number of aromatic nitrogens is 2. The van der Waals surface area contributed by atoms with E-state index in [4.69, 9.17) is 0 Å². The molecule has 164 valence electrons. The van der Waals surface area contributed by atoms with Gasteiger partial charge in [0.1, 0.15) is 5.82 Å². The van der Waals surface area contributed by atoms with E-state index >= 15 is 0 Å². The quantitative estimate of drug-likeness (QED) is 0.518. The van der Waals surface area contributed by atoms with E-state index in [1.807, 2.05) is 43.1 Å². The Hall–Kier alpha value is -2.51. The molecule has 1 saturated heterocycles. The molecule has 1 fully saturated rings. The van der Waals surface area contributed by atoms with Crippen LogP contribution in [-0.4, -0.2) is 28.3 Å². The second-order valence-corrected chi connectivity index (χ2v) is 10.2. The van der Waals surface area contributed by atoms with Gasteiger partial charge in [0.2, 0.25) is 10.0 Å². The van der Waals surface area contributed by atoms with Crippen LogP contribution in [0.4, 0.5) is 4.39 Å². The number of halogens is 1. The number of nitrogens with zero attached hydrogens (tertiary/aromatic N) is 3. The predicted molar refractivity (Wildman–Crippen MR) is 119 cm³/mol. The molecule has 1 aromatic heterocycles. The van der Waals surface area contributed by atoms with Gasteiger partial charge >= 0.3 is 0 Å². The van der Waals surface area contributed by atoms with Crippen LogP contribution >= 0.6 is 0 Å². The van der Waals surface area contributed by atoms with Crippen LogP contribution in [0.5, 0.6) is 0 Å². The molecule has 0 radical (unpaired) electrons. The van der Waals surface area contributed by atoms with Crippen molar-refractivity contribution in [2.75, 3.05) is 0 Å². The molecule has 1 aliphatic rings. The molecule has 3 aromatic rings. The number of hydrogen-bond acceptors (Lipinski definition) is 3. The molecule has 0 bridgehead atoms. The van der Waals surface area contributed by atoms with E-state index < -0.39 is 10.0 Å². The van der Waals surface area contributed by atoms with Gasteiger partial charge in [0, 0.05) is 18.8 Å². The zero-order valence-electron chi connectivity index (χ0n) is 17.9. The Labute approximate surface area is 183 Å². The molecule has 2 heterocycles. The Kier molecular flexibility index (Phi) is 6.25. The van der Waals surface area contributed by atoms with Gasteiger partial charge < -0.3 is 4.57 Å². The van der Waals surface area contributed by atoms with Crippen LogP contribution in [0, 0.1) is 19.7 Å². The molecule has 2 atom stereocenters. The molecule has 7 heteroatoms. The molecule has 4 rings (SSSR count). The van der Waals surface area contributed by atoms with Crippen molar-refractivity contribution in [3.8, 4) is 0 Å². The minimum atomic E-state index is -3.68. The van der Waals surface area contributed by atoms with Crippen molar-refractivity contribution in [3.63, 3.8) is 0 Å². The highest BCUT2D eigenvalue weighted by molar-refractivity contribution is 7.89. The summed E-state index contributed by atoms with van der Waals surface area (Å²) in [5, 5.41) is 0. The molecular formula is C24H28FN3O2S. The highest BCUT2D eigenvalue weighted by Gasteiger charge is 2.42. The van der Waals surface area contributed by atoms with Crippen molar-refractivity contribution < 1.29 is 12.8 Å². The first kappa shape index (κ1) is 21.7. The number of aryl methyl sites for hydroxylation is 3. The lowest BCUT2D eigenvalue weighted by molar-refractivity contribution is 0.305. The van der Waals surface area contributed by atoms with Crippen molar-refractivity contribution in [2.24, 2.45) is 0 Å². The van der Waals surface area contributed by atoms with Gasteiger partial charge in [-0.05, 0) is 69.4 Å². The third kappa shape index (κ3) is 4.72. The number of imidazole rings is 1. The average Bonchev–Trinajstić information content (AvgIpc) is 3.36. The zero-order chi connectivity index (χ0) is 22.0. The molecule has 0 N–H and O–H groups in total. The van der Waals surface area contributed by atoms with Gasteiger partial charge in [-0.25, -0.2) is 17.8 Å². The smallest absolute Gasteiger partial charge is 0.243 e. The molecule has 2 aromatic carbocycles. The lowest BCUT2D eigenvalue weighted by Crippen LogP contribution is -2.37. The molecule has 2 unspecified atom stereocenters. The molecule has 5 nitrogen and oxygen atoms in total. The SMILES string of the molecule is Cc1ccc(S(=O)(=O)N2C(CCCn3cnc(C)c3)CCC2c2ccc(F)cc2)cc1. The molecule has 0 saturated carbocycles. The third-order valence-electron chi connectivity index (χ3n) is 6.01. The van der Waals surface area contributed by atoms with Gasteiger partial charge in [-0.1, -0.05) is 29.8 Å². The fourth-order valence-electron chi connectivity index (χ4n) is 4.43. The van der Waals surface area contributed by atoms with Crippen LogP contribution in [0.25, 0.3) is 0 Å². The van der Waals surface area contributed by atoms with Crippen LogP contribution in [0.15, 0.2) is 66.0 Å². The summed E-state index contributed by atoms with van der Waals surface area (Å²) in [6.45, 7) is 4.70. The fourth-order valence-corrected chi connectivity index (χ4v) is 6.32. The van der Waals surface area contributed by atoms with Crippen LogP contribution in [0.2, 0.25) is 0 Å². The Morgan fingerprint density at radius 2 is 1.74 bits per heavy atom. The molecule has 1 aliphatic heterocycles. The molecule has 0 amide bonds. The monoisotopic (exact) mass is 441 g/mol. The summed E-state index contributed by atoms with van der Waals surface area (Å²) < 4.78 is 44.5. The Morgan fingerprint density at radius 1 is 1.03 bits per heavy atom. The van der Waals surface area contributed by atoms with Crippen molar-refractivity contribution in [1.29, 1.82) is 0 Å². The van der Waals surface area contributed by atoms with Gasteiger partial charge in [-0.2, -0.15) is 4.31 Å². The topological polar surface area (TPSA) is 55.2 Å². The number of hydrogen-bond donors (Lipinski definition) is 0. The fraction of sp³-hybridized carbons (Fsp3) is 0.375. The van der Waals surface area contributed by atoms with Crippen molar-refractivity contribution in [1.82, 2.24) is 13.9 Å². The summed E-state index contributed by atoms with van der Waals surface area (Å²) in [5.74, 6) is -0.318. The predicted octanol–water partition coefficient (Wildman–Crippen LogP) is 5.01. The lowest BCUT2D eigenvalue weighted by atomic mass is 10.0. The maximum absolute atomic E-state index is 13.7. The van der Waals surface area contributed by atoms with Crippen LogP contribution < -0.4 is 0 Å². The Balaban J connectivity index is 1.60. The largest absolute Gasteiger partial charge is 0.337 e. The van der Waals surface area contributed by atoms with E-state index in [2.05, 4.69) is 4.98 Å². The second kappa shape index (κ2) is 8.93. The van der Waals surface area contributed by atoms with Gasteiger partial charge in [0.25, 0.3) is 0 Å². The number of sulfonamides is 1. The maximum atomic E-state index is 13.7.